The maximum absolute atomic E-state index is 13.8. The molecular formula is C20H15F3N6O. The fourth-order valence-corrected chi connectivity index (χ4v) is 3.20. The van der Waals surface area contributed by atoms with Gasteiger partial charge in [0, 0.05) is 17.7 Å². The van der Waals surface area contributed by atoms with Crippen LogP contribution in [0.5, 0.6) is 5.75 Å². The fourth-order valence-electron chi connectivity index (χ4n) is 3.20. The molecule has 1 saturated carbocycles. The number of nitrogens with one attached hydrogen (secondary N) is 1. The molecule has 0 spiro atoms. The molecule has 3 aromatic heterocycles. The van der Waals surface area contributed by atoms with E-state index >= 15 is 0 Å². The first kappa shape index (κ1) is 18.3. The lowest BCUT2D eigenvalue weighted by atomic mass is 10.3. The van der Waals surface area contributed by atoms with E-state index in [1.54, 1.807) is 22.9 Å². The molecule has 0 amide bonds. The second kappa shape index (κ2) is 7.29. The highest BCUT2D eigenvalue weighted by Gasteiger charge is 2.31. The maximum atomic E-state index is 13.8. The van der Waals surface area contributed by atoms with E-state index in [1.165, 1.54) is 24.4 Å². The van der Waals surface area contributed by atoms with Crippen LogP contribution in [-0.4, -0.2) is 31.1 Å². The summed E-state index contributed by atoms with van der Waals surface area (Å²) < 4.78 is 44.5. The Morgan fingerprint density at radius 3 is 2.60 bits per heavy atom. The van der Waals surface area contributed by atoms with Crippen molar-refractivity contribution in [3.8, 4) is 11.6 Å². The van der Waals surface area contributed by atoms with E-state index in [4.69, 9.17) is 0 Å². The second-order valence-electron chi connectivity index (χ2n) is 6.87. The molecule has 10 heteroatoms. The van der Waals surface area contributed by atoms with E-state index < -0.39 is 12.4 Å². The van der Waals surface area contributed by atoms with Gasteiger partial charge >= 0.3 is 6.61 Å². The summed E-state index contributed by atoms with van der Waals surface area (Å²) in [7, 11) is 0. The number of halogens is 3. The van der Waals surface area contributed by atoms with Crippen LogP contribution in [0.1, 0.15) is 24.6 Å². The Morgan fingerprint density at radius 2 is 1.87 bits per heavy atom. The molecule has 1 fully saturated rings. The normalized spacial score (nSPS) is 13.7. The van der Waals surface area contributed by atoms with Crippen molar-refractivity contribution in [1.29, 1.82) is 0 Å². The van der Waals surface area contributed by atoms with Crippen LogP contribution in [0.4, 0.5) is 24.7 Å². The first-order valence-electron chi connectivity index (χ1n) is 9.25. The van der Waals surface area contributed by atoms with E-state index in [9.17, 15) is 13.2 Å². The molecule has 0 bridgehead atoms. The number of ether oxygens (including phenoxy) is 1. The van der Waals surface area contributed by atoms with Crippen LogP contribution in [0.3, 0.4) is 0 Å². The van der Waals surface area contributed by atoms with Gasteiger partial charge in [0.05, 0.1) is 24.1 Å². The molecule has 0 radical (unpaired) electrons. The van der Waals surface area contributed by atoms with E-state index in [2.05, 4.69) is 30.0 Å². The largest absolute Gasteiger partial charge is 0.435 e. The molecule has 152 valence electrons. The number of fused-ring (bicyclic) bond motifs is 1. The lowest BCUT2D eigenvalue weighted by Crippen LogP contribution is -2.05. The topological polar surface area (TPSA) is 77.8 Å². The maximum Gasteiger partial charge on any atom is 0.387 e. The number of pyridine rings is 1. The van der Waals surface area contributed by atoms with E-state index in [0.717, 1.165) is 24.9 Å². The molecule has 4 aromatic rings. The Labute approximate surface area is 168 Å². The lowest BCUT2D eigenvalue weighted by molar-refractivity contribution is -0.0498. The third-order valence-electron chi connectivity index (χ3n) is 4.65. The van der Waals surface area contributed by atoms with Crippen LogP contribution in [-0.2, 0) is 0 Å². The Bertz CT molecular complexity index is 1210. The number of imidazole rings is 1. The summed E-state index contributed by atoms with van der Waals surface area (Å²) in [5, 5.41) is 3.07. The summed E-state index contributed by atoms with van der Waals surface area (Å²) >= 11 is 0. The molecule has 5 rings (SSSR count). The SMILES string of the molecule is Fc1cnc2nc(C3CC3)n(-c3cncc(Nc4ccc(OC(F)F)cc4)n3)c2c1. The van der Waals surface area contributed by atoms with Gasteiger partial charge in [-0.05, 0) is 37.1 Å². The number of hydrogen-bond donors (Lipinski definition) is 1. The van der Waals surface area contributed by atoms with Crippen molar-refractivity contribution in [3.63, 3.8) is 0 Å². The summed E-state index contributed by atoms with van der Waals surface area (Å²) in [5.41, 5.74) is 1.60. The van der Waals surface area contributed by atoms with E-state index in [0.29, 0.717) is 28.5 Å². The van der Waals surface area contributed by atoms with Gasteiger partial charge in [0.15, 0.2) is 17.3 Å². The average molecular weight is 412 g/mol. The molecular weight excluding hydrogens is 397 g/mol. The molecule has 1 aliphatic rings. The van der Waals surface area contributed by atoms with Crippen molar-refractivity contribution in [2.45, 2.75) is 25.4 Å². The lowest BCUT2D eigenvalue weighted by Gasteiger charge is -2.11. The Hall–Kier alpha value is -3.69. The molecule has 0 unspecified atom stereocenters. The van der Waals surface area contributed by atoms with Gasteiger partial charge in [0.1, 0.15) is 17.4 Å². The van der Waals surface area contributed by atoms with Crippen LogP contribution in [0.2, 0.25) is 0 Å². The first-order chi connectivity index (χ1) is 14.6. The zero-order chi connectivity index (χ0) is 20.7. The molecule has 30 heavy (non-hydrogen) atoms. The van der Waals surface area contributed by atoms with Gasteiger partial charge < -0.3 is 10.1 Å². The summed E-state index contributed by atoms with van der Waals surface area (Å²) in [4.78, 5) is 17.5. The van der Waals surface area contributed by atoms with Crippen molar-refractivity contribution in [2.24, 2.45) is 0 Å². The van der Waals surface area contributed by atoms with Crippen molar-refractivity contribution in [1.82, 2.24) is 24.5 Å². The summed E-state index contributed by atoms with van der Waals surface area (Å²) in [5.74, 6) is 1.58. The third kappa shape index (κ3) is 3.63. The number of benzene rings is 1. The first-order valence-corrected chi connectivity index (χ1v) is 9.25. The van der Waals surface area contributed by atoms with Gasteiger partial charge in [-0.1, -0.05) is 0 Å². The highest BCUT2D eigenvalue weighted by molar-refractivity contribution is 5.74. The molecule has 0 saturated heterocycles. The number of anilines is 2. The zero-order valence-corrected chi connectivity index (χ0v) is 15.5. The molecule has 1 aliphatic carbocycles. The highest BCUT2D eigenvalue weighted by Crippen LogP contribution is 2.41. The van der Waals surface area contributed by atoms with Crippen LogP contribution < -0.4 is 10.1 Å². The number of alkyl halides is 2. The van der Waals surface area contributed by atoms with Gasteiger partial charge in [-0.15, -0.1) is 0 Å². The second-order valence-corrected chi connectivity index (χ2v) is 6.87. The molecule has 0 aliphatic heterocycles. The average Bonchev–Trinajstić information content (AvgIpc) is 3.50. The van der Waals surface area contributed by atoms with Crippen molar-refractivity contribution in [3.05, 3.63) is 60.6 Å². The van der Waals surface area contributed by atoms with Crippen LogP contribution in [0.25, 0.3) is 17.0 Å². The molecule has 1 aromatic carbocycles. The van der Waals surface area contributed by atoms with Gasteiger partial charge in [-0.25, -0.2) is 19.3 Å². The number of aromatic nitrogens is 5. The summed E-state index contributed by atoms with van der Waals surface area (Å²) in [6.07, 6.45) is 6.25. The van der Waals surface area contributed by atoms with Crippen molar-refractivity contribution < 1.29 is 17.9 Å². The van der Waals surface area contributed by atoms with Gasteiger partial charge in [-0.2, -0.15) is 8.78 Å². The Morgan fingerprint density at radius 1 is 1.07 bits per heavy atom. The van der Waals surface area contributed by atoms with Crippen LogP contribution in [0.15, 0.2) is 48.9 Å². The minimum atomic E-state index is -2.88. The van der Waals surface area contributed by atoms with Crippen molar-refractivity contribution in [2.75, 3.05) is 5.32 Å². The van der Waals surface area contributed by atoms with Gasteiger partial charge in [0.25, 0.3) is 0 Å². The third-order valence-corrected chi connectivity index (χ3v) is 4.65. The summed E-state index contributed by atoms with van der Waals surface area (Å²) in [6, 6.07) is 7.41. The number of rotatable bonds is 6. The monoisotopic (exact) mass is 412 g/mol. The van der Waals surface area contributed by atoms with Crippen LogP contribution in [0, 0.1) is 5.82 Å². The smallest absolute Gasteiger partial charge is 0.387 e. The van der Waals surface area contributed by atoms with Gasteiger partial charge in [-0.3, -0.25) is 9.55 Å². The van der Waals surface area contributed by atoms with Crippen LogP contribution >= 0.6 is 0 Å². The minimum absolute atomic E-state index is 0.0591. The quantitative estimate of drug-likeness (QED) is 0.500. The Balaban J connectivity index is 1.48. The molecule has 0 atom stereocenters. The minimum Gasteiger partial charge on any atom is -0.435 e. The number of nitrogens with zero attached hydrogens (tertiary/aromatic N) is 5. The van der Waals surface area contributed by atoms with Crippen molar-refractivity contribution >= 4 is 22.7 Å². The Kier molecular flexibility index (Phi) is 4.46. The van der Waals surface area contributed by atoms with Gasteiger partial charge in [0.2, 0.25) is 0 Å². The zero-order valence-electron chi connectivity index (χ0n) is 15.5. The summed E-state index contributed by atoms with van der Waals surface area (Å²) in [6.45, 7) is -2.88. The molecule has 3 heterocycles. The fraction of sp³-hybridized carbons (Fsp3) is 0.200. The van der Waals surface area contributed by atoms with E-state index in [1.807, 2.05) is 0 Å². The molecule has 1 N–H and O–H groups in total. The van der Waals surface area contributed by atoms with E-state index in [-0.39, 0.29) is 11.7 Å². The predicted molar refractivity (Wildman–Crippen MR) is 103 cm³/mol. The number of hydrogen-bond acceptors (Lipinski definition) is 6. The standard InChI is InChI=1S/C20H15F3N6O/c21-12-7-15-18(25-8-12)28-19(11-1-2-11)29(15)17-10-24-9-16(27-17)26-13-3-5-14(6-4-13)30-20(22)23/h3-11,20H,1-2H2,(H,26,27). The highest BCUT2D eigenvalue weighted by atomic mass is 19.3. The predicted octanol–water partition coefficient (Wildman–Crippen LogP) is 4.57. The molecule has 7 nitrogen and oxygen atoms in total.